The van der Waals surface area contributed by atoms with Crippen LogP contribution in [0.25, 0.3) is 11.4 Å². The molecule has 0 fully saturated rings. The van der Waals surface area contributed by atoms with E-state index in [1.54, 1.807) is 6.07 Å². The molecule has 0 spiro atoms. The lowest BCUT2D eigenvalue weighted by molar-refractivity contribution is 1.12. The SMILES string of the molecule is Cc1ccc(-c2nc(C)cc(N)n2)cc1. The molecule has 2 N–H and O–H groups in total. The van der Waals surface area contributed by atoms with E-state index < -0.39 is 0 Å². The number of hydrogen-bond acceptors (Lipinski definition) is 3. The maximum atomic E-state index is 5.68. The highest BCUT2D eigenvalue weighted by atomic mass is 14.9. The molecule has 1 aromatic heterocycles. The minimum absolute atomic E-state index is 0.512. The molecule has 76 valence electrons. The average molecular weight is 199 g/mol. The first-order valence-electron chi connectivity index (χ1n) is 4.83. The van der Waals surface area contributed by atoms with E-state index in [1.165, 1.54) is 5.56 Å². The van der Waals surface area contributed by atoms with Crippen molar-refractivity contribution < 1.29 is 0 Å². The van der Waals surface area contributed by atoms with Gasteiger partial charge in [0.05, 0.1) is 0 Å². The molecule has 0 amide bonds. The van der Waals surface area contributed by atoms with E-state index in [4.69, 9.17) is 5.73 Å². The van der Waals surface area contributed by atoms with E-state index in [1.807, 2.05) is 31.2 Å². The van der Waals surface area contributed by atoms with Crippen LogP contribution in [0, 0.1) is 13.8 Å². The summed E-state index contributed by atoms with van der Waals surface area (Å²) in [6.45, 7) is 3.96. The number of hydrogen-bond donors (Lipinski definition) is 1. The van der Waals surface area contributed by atoms with Crippen LogP contribution in [0.5, 0.6) is 0 Å². The first kappa shape index (κ1) is 9.65. The summed E-state index contributed by atoms with van der Waals surface area (Å²) in [7, 11) is 0. The van der Waals surface area contributed by atoms with E-state index in [2.05, 4.69) is 16.9 Å². The molecule has 1 aromatic carbocycles. The highest BCUT2D eigenvalue weighted by Crippen LogP contribution is 2.16. The predicted octanol–water partition coefficient (Wildman–Crippen LogP) is 2.34. The number of nitrogens with two attached hydrogens (primary N) is 1. The van der Waals surface area contributed by atoms with E-state index in [0.29, 0.717) is 11.6 Å². The number of aromatic nitrogens is 2. The van der Waals surface area contributed by atoms with Gasteiger partial charge in [0.2, 0.25) is 0 Å². The fourth-order valence-corrected chi connectivity index (χ4v) is 1.42. The van der Waals surface area contributed by atoms with Crippen molar-refractivity contribution in [2.45, 2.75) is 13.8 Å². The Labute approximate surface area is 89.0 Å². The number of rotatable bonds is 1. The second kappa shape index (κ2) is 3.69. The number of benzene rings is 1. The molecule has 0 radical (unpaired) electrons. The summed E-state index contributed by atoms with van der Waals surface area (Å²) in [6, 6.07) is 9.85. The zero-order valence-electron chi connectivity index (χ0n) is 8.86. The van der Waals surface area contributed by atoms with Gasteiger partial charge in [0.1, 0.15) is 5.82 Å². The van der Waals surface area contributed by atoms with E-state index in [-0.39, 0.29) is 0 Å². The van der Waals surface area contributed by atoms with Gasteiger partial charge in [-0.2, -0.15) is 0 Å². The molecule has 0 saturated carbocycles. The zero-order chi connectivity index (χ0) is 10.8. The van der Waals surface area contributed by atoms with Gasteiger partial charge in [-0.3, -0.25) is 0 Å². The average Bonchev–Trinajstić information content (AvgIpc) is 2.17. The van der Waals surface area contributed by atoms with Crippen molar-refractivity contribution in [3.8, 4) is 11.4 Å². The van der Waals surface area contributed by atoms with Crippen molar-refractivity contribution in [3.63, 3.8) is 0 Å². The zero-order valence-corrected chi connectivity index (χ0v) is 8.86. The number of anilines is 1. The number of aryl methyl sites for hydroxylation is 2. The van der Waals surface area contributed by atoms with Crippen molar-refractivity contribution in [2.75, 3.05) is 5.73 Å². The summed E-state index contributed by atoms with van der Waals surface area (Å²) < 4.78 is 0. The lowest BCUT2D eigenvalue weighted by Crippen LogP contribution is -1.97. The topological polar surface area (TPSA) is 51.8 Å². The number of nitrogens with zero attached hydrogens (tertiary/aromatic N) is 2. The van der Waals surface area contributed by atoms with Crippen LogP contribution in [0.15, 0.2) is 30.3 Å². The van der Waals surface area contributed by atoms with Gasteiger partial charge in [0.25, 0.3) is 0 Å². The van der Waals surface area contributed by atoms with Crippen molar-refractivity contribution in [1.29, 1.82) is 0 Å². The first-order chi connectivity index (χ1) is 7.15. The van der Waals surface area contributed by atoms with Crippen LogP contribution in [-0.2, 0) is 0 Å². The summed E-state index contributed by atoms with van der Waals surface area (Å²) in [6.07, 6.45) is 0. The Hall–Kier alpha value is -1.90. The highest BCUT2D eigenvalue weighted by molar-refractivity contribution is 5.57. The van der Waals surface area contributed by atoms with Crippen LogP contribution < -0.4 is 5.73 Å². The smallest absolute Gasteiger partial charge is 0.161 e. The van der Waals surface area contributed by atoms with Crippen LogP contribution >= 0.6 is 0 Å². The molecular formula is C12H13N3. The third-order valence-electron chi connectivity index (χ3n) is 2.18. The van der Waals surface area contributed by atoms with Gasteiger partial charge < -0.3 is 5.73 Å². The standard InChI is InChI=1S/C12H13N3/c1-8-3-5-10(6-4-8)12-14-9(2)7-11(13)15-12/h3-7H,1-2H3,(H2,13,14,15). The summed E-state index contributed by atoms with van der Waals surface area (Å²) >= 11 is 0. The Morgan fingerprint density at radius 3 is 2.27 bits per heavy atom. The van der Waals surface area contributed by atoms with Gasteiger partial charge in [-0.15, -0.1) is 0 Å². The van der Waals surface area contributed by atoms with Crippen molar-refractivity contribution in [3.05, 3.63) is 41.6 Å². The third-order valence-corrected chi connectivity index (χ3v) is 2.18. The molecule has 3 heteroatoms. The van der Waals surface area contributed by atoms with Gasteiger partial charge in [-0.1, -0.05) is 29.8 Å². The van der Waals surface area contributed by atoms with Crippen molar-refractivity contribution in [2.24, 2.45) is 0 Å². The van der Waals surface area contributed by atoms with Crippen LogP contribution in [0.4, 0.5) is 5.82 Å². The summed E-state index contributed by atoms with van der Waals surface area (Å²) in [4.78, 5) is 8.54. The van der Waals surface area contributed by atoms with E-state index in [9.17, 15) is 0 Å². The Kier molecular flexibility index (Phi) is 2.37. The second-order valence-electron chi connectivity index (χ2n) is 3.62. The Bertz CT molecular complexity index is 454. The molecule has 0 bridgehead atoms. The summed E-state index contributed by atoms with van der Waals surface area (Å²) in [5.41, 5.74) is 8.78. The fourth-order valence-electron chi connectivity index (χ4n) is 1.42. The monoisotopic (exact) mass is 199 g/mol. The largest absolute Gasteiger partial charge is 0.384 e. The van der Waals surface area contributed by atoms with Gasteiger partial charge in [0, 0.05) is 17.3 Å². The molecule has 15 heavy (non-hydrogen) atoms. The van der Waals surface area contributed by atoms with Crippen LogP contribution in [-0.4, -0.2) is 9.97 Å². The molecule has 0 aliphatic rings. The van der Waals surface area contributed by atoms with E-state index >= 15 is 0 Å². The molecule has 0 unspecified atom stereocenters. The fraction of sp³-hybridized carbons (Fsp3) is 0.167. The minimum Gasteiger partial charge on any atom is -0.384 e. The quantitative estimate of drug-likeness (QED) is 0.767. The van der Waals surface area contributed by atoms with Crippen LogP contribution in [0.2, 0.25) is 0 Å². The predicted molar refractivity (Wildman–Crippen MR) is 61.4 cm³/mol. The molecule has 3 nitrogen and oxygen atoms in total. The highest BCUT2D eigenvalue weighted by Gasteiger charge is 2.02. The van der Waals surface area contributed by atoms with Crippen LogP contribution in [0.3, 0.4) is 0 Å². The Balaban J connectivity index is 2.49. The third kappa shape index (κ3) is 2.13. The molecule has 0 saturated heterocycles. The second-order valence-corrected chi connectivity index (χ2v) is 3.62. The molecule has 0 aliphatic carbocycles. The van der Waals surface area contributed by atoms with Gasteiger partial charge >= 0.3 is 0 Å². The molecular weight excluding hydrogens is 186 g/mol. The van der Waals surface area contributed by atoms with Gasteiger partial charge in [-0.05, 0) is 13.8 Å². The van der Waals surface area contributed by atoms with E-state index in [0.717, 1.165) is 11.3 Å². The first-order valence-corrected chi connectivity index (χ1v) is 4.83. The lowest BCUT2D eigenvalue weighted by Gasteiger charge is -2.03. The molecule has 2 aromatic rings. The normalized spacial score (nSPS) is 10.3. The maximum absolute atomic E-state index is 5.68. The summed E-state index contributed by atoms with van der Waals surface area (Å²) in [5, 5.41) is 0. The molecule has 0 atom stereocenters. The Morgan fingerprint density at radius 2 is 1.67 bits per heavy atom. The summed E-state index contributed by atoms with van der Waals surface area (Å²) in [5.74, 6) is 1.20. The van der Waals surface area contributed by atoms with Crippen molar-refractivity contribution >= 4 is 5.82 Å². The number of nitrogen functional groups attached to an aromatic ring is 1. The van der Waals surface area contributed by atoms with Gasteiger partial charge in [-0.25, -0.2) is 9.97 Å². The van der Waals surface area contributed by atoms with Gasteiger partial charge in [0.15, 0.2) is 5.82 Å². The Morgan fingerprint density at radius 1 is 1.00 bits per heavy atom. The maximum Gasteiger partial charge on any atom is 0.161 e. The molecule has 1 heterocycles. The van der Waals surface area contributed by atoms with Crippen molar-refractivity contribution in [1.82, 2.24) is 9.97 Å². The molecule has 2 rings (SSSR count). The molecule has 0 aliphatic heterocycles. The van der Waals surface area contributed by atoms with Crippen LogP contribution in [0.1, 0.15) is 11.3 Å². The minimum atomic E-state index is 0.512. The lowest BCUT2D eigenvalue weighted by atomic mass is 10.1.